The van der Waals surface area contributed by atoms with Crippen molar-refractivity contribution in [2.24, 2.45) is 5.73 Å². The SMILES string of the molecule is CCOc1ccccc1-c1nnn(CC(N)CC(=O)O)n1.c1cc2ccc1-2. The summed E-state index contributed by atoms with van der Waals surface area (Å²) < 4.78 is 5.51. The van der Waals surface area contributed by atoms with Gasteiger partial charge in [0, 0.05) is 6.04 Å². The predicted molar refractivity (Wildman–Crippen MR) is 100 cm³/mol. The lowest BCUT2D eigenvalue weighted by molar-refractivity contribution is -0.137. The molecule has 1 unspecified atom stereocenters. The molecule has 1 heterocycles. The first-order chi connectivity index (χ1) is 13.1. The van der Waals surface area contributed by atoms with Crippen LogP contribution in [0.5, 0.6) is 5.75 Å². The van der Waals surface area contributed by atoms with Crippen molar-refractivity contribution >= 4 is 5.97 Å². The summed E-state index contributed by atoms with van der Waals surface area (Å²) in [6.45, 7) is 2.62. The van der Waals surface area contributed by atoms with E-state index in [1.54, 1.807) is 0 Å². The third-order valence-corrected chi connectivity index (χ3v) is 3.93. The van der Waals surface area contributed by atoms with E-state index in [2.05, 4.69) is 39.7 Å². The lowest BCUT2D eigenvalue weighted by atomic mass is 9.95. The van der Waals surface area contributed by atoms with Crippen LogP contribution in [0.3, 0.4) is 0 Å². The molecule has 0 fully saturated rings. The Hall–Kier alpha value is -3.26. The number of aliphatic carboxylic acids is 1. The summed E-state index contributed by atoms with van der Waals surface area (Å²) in [5.74, 6) is 0.139. The highest BCUT2D eigenvalue weighted by atomic mass is 16.5. The summed E-state index contributed by atoms with van der Waals surface area (Å²) in [6, 6.07) is 15.3. The second kappa shape index (κ2) is 8.41. The molecule has 8 heteroatoms. The molecular formula is C19H21N5O3. The summed E-state index contributed by atoms with van der Waals surface area (Å²) in [5.41, 5.74) is 9.28. The average Bonchev–Trinajstić information content (AvgIpc) is 3.07. The molecule has 0 saturated heterocycles. The number of nitrogens with zero attached hydrogens (tertiary/aromatic N) is 4. The van der Waals surface area contributed by atoms with Crippen LogP contribution in [0.4, 0.5) is 0 Å². The van der Waals surface area contributed by atoms with Gasteiger partial charge >= 0.3 is 5.97 Å². The molecule has 2 aromatic rings. The zero-order valence-corrected chi connectivity index (χ0v) is 14.9. The number of benzene rings is 2. The zero-order chi connectivity index (χ0) is 19.2. The Balaban J connectivity index is 0.000000290. The zero-order valence-electron chi connectivity index (χ0n) is 14.9. The highest BCUT2D eigenvalue weighted by molar-refractivity contribution is 5.75. The van der Waals surface area contributed by atoms with Gasteiger partial charge in [-0.3, -0.25) is 4.79 Å². The van der Waals surface area contributed by atoms with E-state index >= 15 is 0 Å². The van der Waals surface area contributed by atoms with Crippen molar-refractivity contribution in [3.8, 4) is 28.3 Å². The highest BCUT2D eigenvalue weighted by Gasteiger charge is 2.14. The van der Waals surface area contributed by atoms with E-state index in [0.29, 0.717) is 18.2 Å². The van der Waals surface area contributed by atoms with E-state index < -0.39 is 12.0 Å². The Morgan fingerprint density at radius 1 is 1.19 bits per heavy atom. The molecule has 4 rings (SSSR count). The number of aromatic nitrogens is 4. The second-order valence-electron chi connectivity index (χ2n) is 6.03. The van der Waals surface area contributed by atoms with Gasteiger partial charge in [0.05, 0.1) is 25.1 Å². The van der Waals surface area contributed by atoms with Crippen LogP contribution in [0.2, 0.25) is 0 Å². The van der Waals surface area contributed by atoms with Crippen LogP contribution in [0.15, 0.2) is 48.5 Å². The fourth-order valence-corrected chi connectivity index (χ4v) is 2.52. The smallest absolute Gasteiger partial charge is 0.304 e. The number of tetrazole rings is 1. The van der Waals surface area contributed by atoms with E-state index in [1.807, 2.05) is 31.2 Å². The molecule has 0 amide bonds. The van der Waals surface area contributed by atoms with Crippen molar-refractivity contribution in [3.05, 3.63) is 48.5 Å². The largest absolute Gasteiger partial charge is 0.493 e. The van der Waals surface area contributed by atoms with Gasteiger partial charge in [0.2, 0.25) is 5.82 Å². The molecule has 140 valence electrons. The molecule has 1 atom stereocenters. The van der Waals surface area contributed by atoms with E-state index in [1.165, 1.54) is 15.9 Å². The molecule has 27 heavy (non-hydrogen) atoms. The number of carbonyl (C=O) groups is 1. The van der Waals surface area contributed by atoms with Crippen LogP contribution in [0.1, 0.15) is 13.3 Å². The van der Waals surface area contributed by atoms with Gasteiger partial charge in [-0.15, -0.1) is 10.2 Å². The topological polar surface area (TPSA) is 116 Å². The first-order valence-electron chi connectivity index (χ1n) is 8.64. The number of carboxylic acid groups (broad SMARTS) is 1. The predicted octanol–water partition coefficient (Wildman–Crippen LogP) is 2.21. The minimum absolute atomic E-state index is 0.146. The van der Waals surface area contributed by atoms with Crippen molar-refractivity contribution in [3.63, 3.8) is 0 Å². The number of hydrogen-bond donors (Lipinski definition) is 2. The molecule has 0 radical (unpaired) electrons. The van der Waals surface area contributed by atoms with Crippen molar-refractivity contribution < 1.29 is 14.6 Å². The van der Waals surface area contributed by atoms with Gasteiger partial charge in [-0.05, 0) is 35.4 Å². The molecule has 0 aliphatic heterocycles. The van der Waals surface area contributed by atoms with Crippen LogP contribution in [0.25, 0.3) is 22.5 Å². The quantitative estimate of drug-likeness (QED) is 0.514. The van der Waals surface area contributed by atoms with Crippen LogP contribution in [-0.2, 0) is 11.3 Å². The standard InChI is InChI=1S/C13H17N5O3.C6H4/c1-2-21-11-6-4-3-5-10(11)13-15-17-18(16-13)8-9(14)7-12(19)20;1-2-6-4-3-5(1)6/h3-6,9H,2,7-8,14H2,1H3,(H,19,20);1-4H. The number of para-hydroxylation sites is 1. The van der Waals surface area contributed by atoms with Crippen molar-refractivity contribution in [1.82, 2.24) is 20.2 Å². The van der Waals surface area contributed by atoms with E-state index in [-0.39, 0.29) is 13.0 Å². The Kier molecular flexibility index (Phi) is 5.77. The lowest BCUT2D eigenvalue weighted by Gasteiger charge is -2.10. The molecule has 1 aromatic heterocycles. The number of rotatable bonds is 7. The van der Waals surface area contributed by atoms with Crippen molar-refractivity contribution in [1.29, 1.82) is 0 Å². The molecule has 3 N–H and O–H groups in total. The summed E-state index contributed by atoms with van der Waals surface area (Å²) in [4.78, 5) is 11.9. The van der Waals surface area contributed by atoms with Crippen LogP contribution < -0.4 is 10.5 Å². The Morgan fingerprint density at radius 2 is 1.85 bits per heavy atom. The minimum atomic E-state index is -0.954. The normalized spacial score (nSPS) is 11.9. The number of ether oxygens (including phenoxy) is 1. The van der Waals surface area contributed by atoms with Gasteiger partial charge in [-0.1, -0.05) is 36.4 Å². The molecule has 8 nitrogen and oxygen atoms in total. The highest BCUT2D eigenvalue weighted by Crippen LogP contribution is 2.29. The molecule has 0 bridgehead atoms. The summed E-state index contributed by atoms with van der Waals surface area (Å²) >= 11 is 0. The van der Waals surface area contributed by atoms with Crippen LogP contribution >= 0.6 is 0 Å². The average molecular weight is 367 g/mol. The molecule has 0 saturated carbocycles. The Labute approximate surface area is 156 Å². The molecule has 1 aromatic carbocycles. The lowest BCUT2D eigenvalue weighted by Crippen LogP contribution is -2.30. The maximum atomic E-state index is 10.6. The van der Waals surface area contributed by atoms with Gasteiger partial charge in [0.25, 0.3) is 0 Å². The number of fused-ring (bicyclic) bond motifs is 1. The maximum Gasteiger partial charge on any atom is 0.304 e. The third kappa shape index (κ3) is 4.68. The van der Waals surface area contributed by atoms with Crippen LogP contribution in [-0.4, -0.2) is 43.9 Å². The fourth-order valence-electron chi connectivity index (χ4n) is 2.52. The van der Waals surface area contributed by atoms with E-state index in [4.69, 9.17) is 15.6 Å². The minimum Gasteiger partial charge on any atom is -0.493 e. The second-order valence-corrected chi connectivity index (χ2v) is 6.03. The molecular weight excluding hydrogens is 346 g/mol. The third-order valence-electron chi connectivity index (χ3n) is 3.93. The Morgan fingerprint density at radius 3 is 2.41 bits per heavy atom. The maximum absolute atomic E-state index is 10.6. The Bertz CT molecular complexity index is 887. The molecule has 2 aliphatic carbocycles. The number of nitrogens with two attached hydrogens (primary N) is 1. The fraction of sp³-hybridized carbons (Fsp3) is 0.263. The number of carboxylic acids is 1. The van der Waals surface area contributed by atoms with E-state index in [0.717, 1.165) is 5.56 Å². The van der Waals surface area contributed by atoms with Gasteiger partial charge < -0.3 is 15.6 Å². The summed E-state index contributed by atoms with van der Waals surface area (Å²) in [7, 11) is 0. The van der Waals surface area contributed by atoms with E-state index in [9.17, 15) is 4.79 Å². The van der Waals surface area contributed by atoms with Crippen LogP contribution in [0, 0.1) is 0 Å². The first-order valence-corrected chi connectivity index (χ1v) is 8.64. The van der Waals surface area contributed by atoms with Gasteiger partial charge in [0.15, 0.2) is 0 Å². The summed E-state index contributed by atoms with van der Waals surface area (Å²) in [5, 5.41) is 20.7. The van der Waals surface area contributed by atoms with Crippen molar-refractivity contribution in [2.75, 3.05) is 6.61 Å². The first kappa shape index (κ1) is 18.5. The monoisotopic (exact) mass is 367 g/mol. The van der Waals surface area contributed by atoms with Gasteiger partial charge in [-0.25, -0.2) is 0 Å². The number of hydrogen-bond acceptors (Lipinski definition) is 6. The summed E-state index contributed by atoms with van der Waals surface area (Å²) in [6.07, 6.45) is -0.146. The van der Waals surface area contributed by atoms with Gasteiger partial charge in [0.1, 0.15) is 5.75 Å². The molecule has 0 spiro atoms. The molecule has 2 aliphatic rings. The van der Waals surface area contributed by atoms with Crippen molar-refractivity contribution in [2.45, 2.75) is 25.9 Å². The van der Waals surface area contributed by atoms with Gasteiger partial charge in [-0.2, -0.15) is 4.80 Å².